The number of hydrogen-bond donors (Lipinski definition) is 1. The maximum atomic E-state index is 11.2. The summed E-state index contributed by atoms with van der Waals surface area (Å²) < 4.78 is 9.94. The van der Waals surface area contributed by atoms with Crippen LogP contribution in [0.1, 0.15) is 40.0 Å². The zero-order chi connectivity index (χ0) is 11.7. The molecule has 0 aromatic carbocycles. The highest BCUT2D eigenvalue weighted by molar-refractivity contribution is 5.69. The zero-order valence-electron chi connectivity index (χ0n) is 9.91. The van der Waals surface area contributed by atoms with Crippen LogP contribution in [0.5, 0.6) is 0 Å². The van der Waals surface area contributed by atoms with Gasteiger partial charge in [-0.1, -0.05) is 20.8 Å². The van der Waals surface area contributed by atoms with Crippen molar-refractivity contribution in [3.05, 3.63) is 0 Å². The molecule has 1 N–H and O–H groups in total. The van der Waals surface area contributed by atoms with Gasteiger partial charge in [0.1, 0.15) is 0 Å². The Morgan fingerprint density at radius 1 is 1.27 bits per heavy atom. The quantitative estimate of drug-likeness (QED) is 0.401. The molecule has 0 aliphatic carbocycles. The Hall–Kier alpha value is -0.610. The highest BCUT2D eigenvalue weighted by Crippen LogP contribution is 2.18. The van der Waals surface area contributed by atoms with Crippen LogP contribution in [0.4, 0.5) is 0 Å². The van der Waals surface area contributed by atoms with E-state index in [2.05, 4.69) is 0 Å². The van der Waals surface area contributed by atoms with Crippen molar-refractivity contribution >= 4 is 5.97 Å². The normalized spacial score (nSPS) is 11.5. The summed E-state index contributed by atoms with van der Waals surface area (Å²) in [7, 11) is 0. The van der Waals surface area contributed by atoms with Gasteiger partial charge in [0.15, 0.2) is 6.79 Å². The van der Waals surface area contributed by atoms with Gasteiger partial charge in [-0.3, -0.25) is 4.79 Å². The summed E-state index contributed by atoms with van der Waals surface area (Å²) in [6, 6.07) is 0. The van der Waals surface area contributed by atoms with Crippen LogP contribution in [-0.2, 0) is 14.3 Å². The number of hydrogen-bond acceptors (Lipinski definition) is 4. The highest BCUT2D eigenvalue weighted by atomic mass is 16.7. The van der Waals surface area contributed by atoms with E-state index in [4.69, 9.17) is 14.6 Å². The minimum Gasteiger partial charge on any atom is -0.438 e. The first-order chi connectivity index (χ1) is 6.95. The molecular weight excluding hydrogens is 196 g/mol. The molecule has 0 unspecified atom stereocenters. The molecule has 15 heavy (non-hydrogen) atoms. The molecule has 0 fully saturated rings. The molecule has 0 bridgehead atoms. The average molecular weight is 218 g/mol. The highest BCUT2D eigenvalue weighted by Gasteiger charge is 2.16. The third-order valence-corrected chi connectivity index (χ3v) is 1.67. The van der Waals surface area contributed by atoms with Gasteiger partial charge < -0.3 is 14.6 Å². The lowest BCUT2D eigenvalue weighted by Gasteiger charge is -2.16. The molecule has 0 amide bonds. The molecule has 0 aromatic rings. The van der Waals surface area contributed by atoms with Crippen molar-refractivity contribution in [2.75, 3.05) is 20.0 Å². The van der Waals surface area contributed by atoms with Gasteiger partial charge in [0.25, 0.3) is 0 Å². The first-order valence-electron chi connectivity index (χ1n) is 5.30. The van der Waals surface area contributed by atoms with E-state index < -0.39 is 0 Å². The van der Waals surface area contributed by atoms with E-state index in [0.717, 1.165) is 12.8 Å². The first kappa shape index (κ1) is 14.4. The van der Waals surface area contributed by atoms with Crippen LogP contribution < -0.4 is 0 Å². The van der Waals surface area contributed by atoms with E-state index in [1.807, 2.05) is 20.8 Å². The third-order valence-electron chi connectivity index (χ3n) is 1.67. The Morgan fingerprint density at radius 3 is 2.47 bits per heavy atom. The van der Waals surface area contributed by atoms with Crippen molar-refractivity contribution in [2.45, 2.75) is 40.0 Å². The van der Waals surface area contributed by atoms with Crippen LogP contribution in [0.15, 0.2) is 0 Å². The summed E-state index contributed by atoms with van der Waals surface area (Å²) in [5.74, 6) is -0.232. The maximum absolute atomic E-state index is 11.2. The van der Waals surface area contributed by atoms with E-state index in [1.54, 1.807) is 0 Å². The smallest absolute Gasteiger partial charge is 0.308 e. The Balaban J connectivity index is 3.32. The summed E-state index contributed by atoms with van der Waals surface area (Å²) in [5, 5.41) is 8.50. The SMILES string of the molecule is CC(C)(C)CC(=O)OCOCCCCO. The second kappa shape index (κ2) is 7.65. The van der Waals surface area contributed by atoms with Crippen molar-refractivity contribution in [1.29, 1.82) is 0 Å². The van der Waals surface area contributed by atoms with E-state index in [0.29, 0.717) is 13.0 Å². The largest absolute Gasteiger partial charge is 0.438 e. The van der Waals surface area contributed by atoms with Gasteiger partial charge in [0.2, 0.25) is 0 Å². The first-order valence-corrected chi connectivity index (χ1v) is 5.30. The Morgan fingerprint density at radius 2 is 1.93 bits per heavy atom. The molecule has 0 saturated heterocycles. The molecule has 0 radical (unpaired) electrons. The third kappa shape index (κ3) is 11.3. The van der Waals surface area contributed by atoms with E-state index in [1.165, 1.54) is 0 Å². The number of unbranched alkanes of at least 4 members (excludes halogenated alkanes) is 1. The number of esters is 1. The van der Waals surface area contributed by atoms with Crippen LogP contribution in [-0.4, -0.2) is 31.1 Å². The summed E-state index contributed by atoms with van der Waals surface area (Å²) >= 11 is 0. The fourth-order valence-corrected chi connectivity index (χ4v) is 0.966. The van der Waals surface area contributed by atoms with Crippen molar-refractivity contribution in [2.24, 2.45) is 5.41 Å². The molecule has 4 nitrogen and oxygen atoms in total. The molecule has 4 heteroatoms. The minimum absolute atomic E-state index is 0.0142. The predicted octanol–water partition coefficient (Wildman–Crippen LogP) is 1.71. The standard InChI is InChI=1S/C11H22O4/c1-11(2,3)8-10(13)15-9-14-7-5-4-6-12/h12H,4-9H2,1-3H3. The lowest BCUT2D eigenvalue weighted by Crippen LogP contribution is -2.17. The van der Waals surface area contributed by atoms with Crippen LogP contribution >= 0.6 is 0 Å². The van der Waals surface area contributed by atoms with Crippen LogP contribution in [0, 0.1) is 5.41 Å². The molecule has 0 aliphatic rings. The van der Waals surface area contributed by atoms with Gasteiger partial charge in [0.05, 0.1) is 13.0 Å². The molecule has 0 spiro atoms. The van der Waals surface area contributed by atoms with Crippen LogP contribution in [0.3, 0.4) is 0 Å². The molecule has 90 valence electrons. The van der Waals surface area contributed by atoms with Gasteiger partial charge in [-0.05, 0) is 18.3 Å². The number of aliphatic hydroxyl groups excluding tert-OH is 1. The lowest BCUT2D eigenvalue weighted by molar-refractivity contribution is -0.158. The number of carbonyl (C=O) groups is 1. The Labute approximate surface area is 91.6 Å². The molecule has 0 atom stereocenters. The topological polar surface area (TPSA) is 55.8 Å². The van der Waals surface area contributed by atoms with E-state index >= 15 is 0 Å². The Bertz CT molecular complexity index is 172. The van der Waals surface area contributed by atoms with Gasteiger partial charge in [-0.2, -0.15) is 0 Å². The number of rotatable bonds is 7. The summed E-state index contributed by atoms with van der Waals surface area (Å²) in [4.78, 5) is 11.2. The second-order valence-corrected chi connectivity index (χ2v) is 4.71. The minimum atomic E-state index is -0.232. The number of carbonyl (C=O) groups excluding carboxylic acids is 1. The lowest BCUT2D eigenvalue weighted by atomic mass is 9.93. The molecule has 0 rings (SSSR count). The fraction of sp³-hybridized carbons (Fsp3) is 0.909. The number of ether oxygens (including phenoxy) is 2. The predicted molar refractivity (Wildman–Crippen MR) is 57.3 cm³/mol. The van der Waals surface area contributed by atoms with Crippen molar-refractivity contribution < 1.29 is 19.4 Å². The molecular formula is C11H22O4. The number of aliphatic hydroxyl groups is 1. The molecule has 0 saturated carbocycles. The van der Waals surface area contributed by atoms with E-state index in [9.17, 15) is 4.79 Å². The van der Waals surface area contributed by atoms with Crippen LogP contribution in [0.25, 0.3) is 0 Å². The van der Waals surface area contributed by atoms with Crippen molar-refractivity contribution in [3.63, 3.8) is 0 Å². The average Bonchev–Trinajstić information content (AvgIpc) is 2.08. The monoisotopic (exact) mass is 218 g/mol. The summed E-state index contributed by atoms with van der Waals surface area (Å²) in [6.45, 7) is 6.65. The van der Waals surface area contributed by atoms with Crippen LogP contribution in [0.2, 0.25) is 0 Å². The van der Waals surface area contributed by atoms with Gasteiger partial charge in [0, 0.05) is 6.61 Å². The molecule has 0 aliphatic heterocycles. The van der Waals surface area contributed by atoms with Gasteiger partial charge >= 0.3 is 5.97 Å². The fourth-order valence-electron chi connectivity index (χ4n) is 0.966. The second-order valence-electron chi connectivity index (χ2n) is 4.71. The maximum Gasteiger partial charge on any atom is 0.308 e. The van der Waals surface area contributed by atoms with Crippen molar-refractivity contribution in [3.8, 4) is 0 Å². The zero-order valence-corrected chi connectivity index (χ0v) is 9.91. The van der Waals surface area contributed by atoms with E-state index in [-0.39, 0.29) is 24.8 Å². The van der Waals surface area contributed by atoms with Gasteiger partial charge in [-0.25, -0.2) is 0 Å². The summed E-state index contributed by atoms with van der Waals surface area (Å²) in [5.41, 5.74) is -0.0476. The van der Waals surface area contributed by atoms with Gasteiger partial charge in [-0.15, -0.1) is 0 Å². The molecule has 0 heterocycles. The van der Waals surface area contributed by atoms with Crippen molar-refractivity contribution in [1.82, 2.24) is 0 Å². The Kier molecular flexibility index (Phi) is 7.34. The summed E-state index contributed by atoms with van der Waals surface area (Å²) in [6.07, 6.45) is 1.90. The molecule has 0 aromatic heterocycles.